The number of aromatic nitrogens is 2. The van der Waals surface area contributed by atoms with Gasteiger partial charge in [-0.1, -0.05) is 56.3 Å². The van der Waals surface area contributed by atoms with Gasteiger partial charge in [-0.3, -0.25) is 20.1 Å². The van der Waals surface area contributed by atoms with E-state index in [9.17, 15) is 10.1 Å². The summed E-state index contributed by atoms with van der Waals surface area (Å²) in [5.41, 5.74) is 1.83. The molecule has 2 aromatic heterocycles. The Morgan fingerprint density at radius 1 is 0.829 bits per heavy atom. The van der Waals surface area contributed by atoms with Gasteiger partial charge in [0.1, 0.15) is 0 Å². The van der Waals surface area contributed by atoms with E-state index in [4.69, 9.17) is 0 Å². The smallest absolute Gasteiger partial charge is 0.0267 e. The van der Waals surface area contributed by atoms with Gasteiger partial charge in [-0.2, -0.15) is 0 Å². The summed E-state index contributed by atoms with van der Waals surface area (Å²) >= 11 is 3.51. The predicted molar refractivity (Wildman–Crippen MR) is 143 cm³/mol. The van der Waals surface area contributed by atoms with E-state index >= 15 is 0 Å². The zero-order valence-electron chi connectivity index (χ0n) is 19.0. The molecule has 0 aliphatic carbocycles. The maximum absolute atomic E-state index is 10.7. The summed E-state index contributed by atoms with van der Waals surface area (Å²) < 4.78 is 4.64. The van der Waals surface area contributed by atoms with Crippen molar-refractivity contribution in [1.82, 2.24) is 9.97 Å². The van der Waals surface area contributed by atoms with Crippen LogP contribution >= 0.6 is 21.5 Å². The Bertz CT molecular complexity index is 1300. The van der Waals surface area contributed by atoms with Crippen LogP contribution < -0.4 is 0 Å². The quantitative estimate of drug-likeness (QED) is 0.0680. The van der Waals surface area contributed by atoms with Crippen molar-refractivity contribution < 1.29 is 23.1 Å². The van der Waals surface area contributed by atoms with Crippen LogP contribution in [-0.4, -0.2) is 14.9 Å². The minimum absolute atomic E-state index is 0.0738. The standard InChI is InChI=1S/C19H12N3O2S.C5H5N.C2H6.ClH.Pd/c23-22(24)15-8-10-16(11-9-15)25-21-17-5-1-3-13-6-7-14-4-2-12-20-19(14)18(13)17;1-2-4-6-5-3-1;1-2;;/h1-12H;1-5H;1-2H3;1H;/q-1;;;;+2/p-1. The molecule has 0 saturated heterocycles. The van der Waals surface area contributed by atoms with Gasteiger partial charge in [0.15, 0.2) is 0 Å². The average Bonchev–Trinajstić information content (AvgIpc) is 2.95. The molecule has 0 fully saturated rings. The van der Waals surface area contributed by atoms with Crippen LogP contribution in [0.3, 0.4) is 0 Å². The third-order valence-electron chi connectivity index (χ3n) is 4.46. The summed E-state index contributed by atoms with van der Waals surface area (Å²) in [7, 11) is 4.49. The van der Waals surface area contributed by atoms with Gasteiger partial charge >= 0.3 is 27.7 Å². The summed E-state index contributed by atoms with van der Waals surface area (Å²) in [6, 6.07) is 26.1. The van der Waals surface area contributed by atoms with Crippen LogP contribution in [0.25, 0.3) is 26.4 Å². The Morgan fingerprint density at radius 2 is 1.49 bits per heavy atom. The SMILES string of the molecule is CC.O=[N+]([O-])c1ccc(S[N-]c2cccc3ccc4cccnc4c23)cc1.[Cl][Pd+].c1ccncc1. The number of halogens is 1. The molecular formula is C26H23ClN4O2PdS. The van der Waals surface area contributed by atoms with Crippen molar-refractivity contribution in [2.75, 3.05) is 0 Å². The van der Waals surface area contributed by atoms with Crippen molar-refractivity contribution in [3.05, 3.63) is 118 Å². The molecule has 2 heterocycles. The number of nitrogens with zero attached hydrogens (tertiary/aromatic N) is 4. The van der Waals surface area contributed by atoms with E-state index in [1.165, 1.54) is 24.1 Å². The van der Waals surface area contributed by atoms with Crippen molar-refractivity contribution in [2.45, 2.75) is 18.7 Å². The molecule has 0 amide bonds. The van der Waals surface area contributed by atoms with E-state index in [2.05, 4.69) is 54.5 Å². The Balaban J connectivity index is 0.000000368. The van der Waals surface area contributed by atoms with Crippen molar-refractivity contribution in [2.24, 2.45) is 0 Å². The van der Waals surface area contributed by atoms with Gasteiger partial charge in [-0.15, -0.1) is 5.69 Å². The first-order valence-electron chi connectivity index (χ1n) is 10.6. The van der Waals surface area contributed by atoms with Gasteiger partial charge < -0.3 is 4.72 Å². The Morgan fingerprint density at radius 3 is 2.09 bits per heavy atom. The van der Waals surface area contributed by atoms with Gasteiger partial charge in [-0.25, -0.2) is 11.9 Å². The van der Waals surface area contributed by atoms with E-state index in [1.54, 1.807) is 30.7 Å². The first kappa shape index (κ1) is 28.2. The molecule has 0 N–H and O–H groups in total. The average molecular weight is 597 g/mol. The molecule has 0 unspecified atom stereocenters. The summed E-state index contributed by atoms with van der Waals surface area (Å²) in [5, 5.41) is 13.9. The largest absolute Gasteiger partial charge is 0.265 e. The fourth-order valence-electron chi connectivity index (χ4n) is 3.01. The Labute approximate surface area is 223 Å². The maximum atomic E-state index is 10.7. The molecule has 5 rings (SSSR count). The number of rotatable bonds is 4. The maximum Gasteiger partial charge on any atom is 0.0267 e. The second-order valence-corrected chi connectivity index (χ2v) is 7.31. The number of benzene rings is 3. The topological polar surface area (TPSA) is 83.0 Å². The van der Waals surface area contributed by atoms with E-state index < -0.39 is 4.92 Å². The molecule has 0 aliphatic heterocycles. The summed E-state index contributed by atoms with van der Waals surface area (Å²) in [6.07, 6.45) is 5.28. The molecule has 182 valence electrons. The van der Waals surface area contributed by atoms with Crippen LogP contribution in [0.1, 0.15) is 13.8 Å². The van der Waals surface area contributed by atoms with Crippen LogP contribution in [0.2, 0.25) is 0 Å². The van der Waals surface area contributed by atoms with Gasteiger partial charge in [0.25, 0.3) is 5.69 Å². The molecule has 9 heteroatoms. The molecule has 0 atom stereocenters. The molecular weight excluding hydrogens is 574 g/mol. The number of fused-ring (bicyclic) bond motifs is 3. The molecule has 0 bridgehead atoms. The Hall–Kier alpha value is -3.02. The normalized spacial score (nSPS) is 9.51. The van der Waals surface area contributed by atoms with E-state index in [0.717, 1.165) is 32.3 Å². The summed E-state index contributed by atoms with van der Waals surface area (Å²) in [6.45, 7) is 4.00. The molecule has 0 radical (unpaired) electrons. The minimum Gasteiger partial charge on any atom is -0.265 e. The third-order valence-corrected chi connectivity index (χ3v) is 5.23. The van der Waals surface area contributed by atoms with Crippen LogP contribution in [0, 0.1) is 10.1 Å². The molecule has 5 aromatic rings. The van der Waals surface area contributed by atoms with E-state index in [1.807, 2.05) is 62.4 Å². The fourth-order valence-corrected chi connectivity index (χ4v) is 3.63. The second kappa shape index (κ2) is 15.8. The third kappa shape index (κ3) is 8.30. The van der Waals surface area contributed by atoms with Crippen molar-refractivity contribution in [3.8, 4) is 0 Å². The molecule has 0 spiro atoms. The predicted octanol–water partition coefficient (Wildman–Crippen LogP) is 8.80. The molecule has 6 nitrogen and oxygen atoms in total. The second-order valence-electron chi connectivity index (χ2n) is 6.47. The number of hydrogen-bond donors (Lipinski definition) is 0. The van der Waals surface area contributed by atoms with E-state index in [0.29, 0.717) is 0 Å². The molecule has 3 aromatic carbocycles. The molecule has 0 saturated carbocycles. The van der Waals surface area contributed by atoms with Gasteiger partial charge in [0.2, 0.25) is 0 Å². The first-order chi connectivity index (χ1) is 17.2. The number of nitro benzene ring substituents is 1. The van der Waals surface area contributed by atoms with Crippen molar-refractivity contribution in [3.63, 3.8) is 0 Å². The van der Waals surface area contributed by atoms with Gasteiger partial charge in [0, 0.05) is 36.1 Å². The van der Waals surface area contributed by atoms with Crippen molar-refractivity contribution in [1.29, 1.82) is 0 Å². The van der Waals surface area contributed by atoms with Crippen LogP contribution in [0.4, 0.5) is 11.4 Å². The summed E-state index contributed by atoms with van der Waals surface area (Å²) in [4.78, 5) is 19.5. The molecule has 35 heavy (non-hydrogen) atoms. The number of pyridine rings is 2. The van der Waals surface area contributed by atoms with Crippen LogP contribution in [0.5, 0.6) is 0 Å². The summed E-state index contributed by atoms with van der Waals surface area (Å²) in [5.74, 6) is 0. The van der Waals surface area contributed by atoms with Crippen LogP contribution in [-0.2, 0) is 18.2 Å². The number of non-ortho nitro benzene ring substituents is 1. The Kier molecular flexibility index (Phi) is 12.7. The van der Waals surface area contributed by atoms with Gasteiger partial charge in [-0.05, 0) is 46.0 Å². The molecule has 0 aliphatic rings. The minimum atomic E-state index is -0.409. The van der Waals surface area contributed by atoms with E-state index in [-0.39, 0.29) is 5.69 Å². The monoisotopic (exact) mass is 596 g/mol. The number of nitro groups is 1. The zero-order valence-corrected chi connectivity index (χ0v) is 22.1. The zero-order chi connectivity index (χ0) is 25.5. The van der Waals surface area contributed by atoms with Gasteiger partial charge in [0.05, 0.1) is 10.4 Å². The number of hydrogen-bond acceptors (Lipinski definition) is 5. The fraction of sp³-hybridized carbons (Fsp3) is 0.0769. The van der Waals surface area contributed by atoms with Crippen molar-refractivity contribution >= 4 is 54.5 Å². The van der Waals surface area contributed by atoms with Crippen LogP contribution in [0.15, 0.2) is 108 Å². The first-order valence-corrected chi connectivity index (χ1v) is 13.4.